The number of hydrogen-bond acceptors (Lipinski definition) is 4. The normalized spacial score (nSPS) is 23.6. The van der Waals surface area contributed by atoms with Crippen LogP contribution in [-0.4, -0.2) is 47.1 Å². The average Bonchev–Trinajstić information content (AvgIpc) is 2.34. The number of rotatable bonds is 3. The molecule has 18 heavy (non-hydrogen) atoms. The minimum Gasteiger partial charge on any atom is -0.409 e. The molecule has 0 bridgehead atoms. The molecule has 0 saturated carbocycles. The van der Waals surface area contributed by atoms with Crippen LogP contribution in [0.5, 0.6) is 0 Å². The van der Waals surface area contributed by atoms with E-state index in [1.165, 1.54) is 0 Å². The summed E-state index contributed by atoms with van der Waals surface area (Å²) in [6.45, 7) is 9.00. The fourth-order valence-corrected chi connectivity index (χ4v) is 2.09. The molecule has 1 saturated heterocycles. The molecule has 6 heteroatoms. The zero-order valence-electron chi connectivity index (χ0n) is 11.6. The quantitative estimate of drug-likeness (QED) is 0.338. The predicted molar refractivity (Wildman–Crippen MR) is 68.4 cm³/mol. The molecule has 1 aliphatic heterocycles. The van der Waals surface area contributed by atoms with Gasteiger partial charge in [-0.15, -0.1) is 0 Å². The van der Waals surface area contributed by atoms with Gasteiger partial charge in [0.1, 0.15) is 5.41 Å². The first-order valence-corrected chi connectivity index (χ1v) is 6.18. The number of amidine groups is 1. The van der Waals surface area contributed by atoms with Crippen LogP contribution in [0.2, 0.25) is 0 Å². The van der Waals surface area contributed by atoms with E-state index in [0.717, 1.165) is 0 Å². The molecule has 3 N–H and O–H groups in total. The van der Waals surface area contributed by atoms with Crippen molar-refractivity contribution in [1.29, 1.82) is 0 Å². The number of ether oxygens (including phenoxy) is 1. The van der Waals surface area contributed by atoms with Gasteiger partial charge in [-0.05, 0) is 27.2 Å². The third kappa shape index (κ3) is 2.75. The molecule has 1 rings (SSSR count). The van der Waals surface area contributed by atoms with Crippen LogP contribution in [-0.2, 0) is 9.53 Å². The Morgan fingerprint density at radius 2 is 2.22 bits per heavy atom. The van der Waals surface area contributed by atoms with E-state index in [0.29, 0.717) is 26.1 Å². The van der Waals surface area contributed by atoms with Gasteiger partial charge in [0.05, 0.1) is 12.2 Å². The lowest BCUT2D eigenvalue weighted by atomic mass is 9.84. The zero-order chi connectivity index (χ0) is 14.0. The van der Waals surface area contributed by atoms with Gasteiger partial charge in [0.15, 0.2) is 5.84 Å². The molecule has 6 nitrogen and oxygen atoms in total. The van der Waals surface area contributed by atoms with Crippen LogP contribution in [0, 0.1) is 5.41 Å². The smallest absolute Gasteiger partial charge is 0.236 e. The van der Waals surface area contributed by atoms with E-state index in [4.69, 9.17) is 15.7 Å². The van der Waals surface area contributed by atoms with Gasteiger partial charge in [0.2, 0.25) is 5.91 Å². The second-order valence-corrected chi connectivity index (χ2v) is 5.51. The third-order valence-electron chi connectivity index (χ3n) is 3.57. The number of carbonyl (C=O) groups is 1. The Hall–Kier alpha value is -1.30. The number of carbonyl (C=O) groups excluding carboxylic acids is 1. The van der Waals surface area contributed by atoms with Crippen LogP contribution in [0.3, 0.4) is 0 Å². The largest absolute Gasteiger partial charge is 0.409 e. The zero-order valence-corrected chi connectivity index (χ0v) is 11.6. The van der Waals surface area contributed by atoms with Crippen LogP contribution < -0.4 is 5.73 Å². The maximum Gasteiger partial charge on any atom is 0.236 e. The summed E-state index contributed by atoms with van der Waals surface area (Å²) in [4.78, 5) is 14.3. The molecule has 104 valence electrons. The van der Waals surface area contributed by atoms with Crippen LogP contribution in [0.15, 0.2) is 5.16 Å². The first-order valence-electron chi connectivity index (χ1n) is 6.18. The second-order valence-electron chi connectivity index (χ2n) is 5.51. The van der Waals surface area contributed by atoms with Crippen molar-refractivity contribution in [2.24, 2.45) is 16.3 Å². The molecule has 0 spiro atoms. The lowest BCUT2D eigenvalue weighted by Crippen LogP contribution is -2.56. The van der Waals surface area contributed by atoms with Crippen molar-refractivity contribution in [2.75, 3.05) is 19.7 Å². The lowest BCUT2D eigenvalue weighted by molar-refractivity contribution is -0.152. The average molecular weight is 257 g/mol. The highest BCUT2D eigenvalue weighted by atomic mass is 16.5. The Morgan fingerprint density at radius 1 is 1.61 bits per heavy atom. The minimum absolute atomic E-state index is 0.0423. The van der Waals surface area contributed by atoms with Gasteiger partial charge in [-0.1, -0.05) is 12.1 Å². The first kappa shape index (κ1) is 14.8. The van der Waals surface area contributed by atoms with Crippen molar-refractivity contribution in [3.8, 4) is 0 Å². The van der Waals surface area contributed by atoms with E-state index in [1.807, 2.05) is 20.8 Å². The molecule has 0 aromatic rings. The summed E-state index contributed by atoms with van der Waals surface area (Å²) < 4.78 is 5.57. The molecule has 0 aliphatic carbocycles. The van der Waals surface area contributed by atoms with Gasteiger partial charge in [0, 0.05) is 13.1 Å². The summed E-state index contributed by atoms with van der Waals surface area (Å²) in [6.07, 6.45) is 0.486. The van der Waals surface area contributed by atoms with E-state index in [9.17, 15) is 4.79 Å². The third-order valence-corrected chi connectivity index (χ3v) is 3.57. The van der Waals surface area contributed by atoms with Crippen LogP contribution in [0.25, 0.3) is 0 Å². The van der Waals surface area contributed by atoms with Crippen molar-refractivity contribution < 1.29 is 14.7 Å². The highest BCUT2D eigenvalue weighted by Gasteiger charge is 2.42. The highest BCUT2D eigenvalue weighted by Crippen LogP contribution is 2.27. The second kappa shape index (κ2) is 5.14. The molecule has 1 amide bonds. The molecular formula is C12H23N3O3. The van der Waals surface area contributed by atoms with Gasteiger partial charge in [-0.25, -0.2) is 0 Å². The minimum atomic E-state index is -0.956. The van der Waals surface area contributed by atoms with E-state index < -0.39 is 5.41 Å². The summed E-state index contributed by atoms with van der Waals surface area (Å²) in [6, 6.07) is 0. The molecule has 1 fully saturated rings. The Balaban J connectivity index is 2.91. The topological polar surface area (TPSA) is 88.2 Å². The van der Waals surface area contributed by atoms with Crippen molar-refractivity contribution in [3.63, 3.8) is 0 Å². The number of morpholine rings is 1. The van der Waals surface area contributed by atoms with E-state index >= 15 is 0 Å². The number of oxime groups is 1. The monoisotopic (exact) mass is 257 g/mol. The Labute approximate surface area is 108 Å². The SMILES string of the molecule is CCC(C)(C(=O)N1CCOC(C)(C)C1)C(N)=NO. The van der Waals surface area contributed by atoms with Crippen molar-refractivity contribution in [2.45, 2.75) is 39.7 Å². The van der Waals surface area contributed by atoms with Gasteiger partial charge >= 0.3 is 0 Å². The summed E-state index contributed by atoms with van der Waals surface area (Å²) in [5, 5.41) is 11.8. The number of amides is 1. The maximum atomic E-state index is 12.5. The first-order chi connectivity index (χ1) is 8.27. The summed E-state index contributed by atoms with van der Waals surface area (Å²) >= 11 is 0. The number of nitrogens with two attached hydrogens (primary N) is 1. The molecule has 0 radical (unpaired) electrons. The van der Waals surface area contributed by atoms with Gasteiger partial charge in [-0.2, -0.15) is 0 Å². The standard InChI is InChI=1S/C12H23N3O3/c1-5-12(4,9(13)14-17)10(16)15-6-7-18-11(2,3)8-15/h17H,5-8H2,1-4H3,(H2,13,14). The fraction of sp³-hybridized carbons (Fsp3) is 0.833. The molecule has 1 unspecified atom stereocenters. The molecule has 0 aromatic heterocycles. The highest BCUT2D eigenvalue weighted by molar-refractivity contribution is 6.06. The van der Waals surface area contributed by atoms with E-state index in [1.54, 1.807) is 11.8 Å². The van der Waals surface area contributed by atoms with Crippen molar-refractivity contribution >= 4 is 11.7 Å². The van der Waals surface area contributed by atoms with Crippen molar-refractivity contribution in [1.82, 2.24) is 4.90 Å². The number of nitrogens with zero attached hydrogens (tertiary/aromatic N) is 2. The predicted octanol–water partition coefficient (Wildman–Crippen LogP) is 0.787. The van der Waals surface area contributed by atoms with Gasteiger partial charge in [-0.3, -0.25) is 4.79 Å². The van der Waals surface area contributed by atoms with Gasteiger partial charge < -0.3 is 20.6 Å². The molecular weight excluding hydrogens is 234 g/mol. The van der Waals surface area contributed by atoms with E-state index in [2.05, 4.69) is 5.16 Å². The summed E-state index contributed by atoms with van der Waals surface area (Å²) in [5.41, 5.74) is 4.35. The molecule has 0 aromatic carbocycles. The molecule has 1 atom stereocenters. The van der Waals surface area contributed by atoms with Crippen LogP contribution in [0.4, 0.5) is 0 Å². The Morgan fingerprint density at radius 3 is 2.67 bits per heavy atom. The van der Waals surface area contributed by atoms with E-state index in [-0.39, 0.29) is 17.3 Å². The lowest BCUT2D eigenvalue weighted by Gasteiger charge is -2.41. The Kier molecular flexibility index (Phi) is 4.21. The molecule has 1 aliphatic rings. The maximum absolute atomic E-state index is 12.5. The van der Waals surface area contributed by atoms with Gasteiger partial charge in [0.25, 0.3) is 0 Å². The summed E-state index contributed by atoms with van der Waals surface area (Å²) in [7, 11) is 0. The molecule has 1 heterocycles. The van der Waals surface area contributed by atoms with Crippen LogP contribution >= 0.6 is 0 Å². The summed E-state index contributed by atoms with van der Waals surface area (Å²) in [5.74, 6) is -0.157. The van der Waals surface area contributed by atoms with Crippen LogP contribution in [0.1, 0.15) is 34.1 Å². The number of hydrogen-bond donors (Lipinski definition) is 2. The fourth-order valence-electron chi connectivity index (χ4n) is 2.09. The Bertz CT molecular complexity index is 354. The van der Waals surface area contributed by atoms with Crippen molar-refractivity contribution in [3.05, 3.63) is 0 Å².